The Morgan fingerprint density at radius 2 is 1.54 bits per heavy atom. The van der Waals surface area contributed by atoms with Gasteiger partial charge in [0, 0.05) is 16.8 Å². The highest BCUT2D eigenvalue weighted by Gasteiger charge is 2.25. The summed E-state index contributed by atoms with van der Waals surface area (Å²) in [5, 5.41) is 6.71. The van der Waals surface area contributed by atoms with Crippen molar-refractivity contribution in [3.8, 4) is 11.1 Å². The fourth-order valence-corrected chi connectivity index (χ4v) is 6.47. The Hall–Kier alpha value is -3.91. The van der Waals surface area contributed by atoms with Crippen LogP contribution in [0.15, 0.2) is 79.0 Å². The van der Waals surface area contributed by atoms with Gasteiger partial charge in [-0.05, 0) is 89.2 Å². The summed E-state index contributed by atoms with van der Waals surface area (Å²) in [6.45, 7) is 11.5. The van der Waals surface area contributed by atoms with Gasteiger partial charge in [-0.3, -0.25) is 0 Å². The zero-order valence-corrected chi connectivity index (χ0v) is 22.6. The fourth-order valence-electron chi connectivity index (χ4n) is 6.47. The van der Waals surface area contributed by atoms with Crippen LogP contribution in [0, 0.1) is 19.3 Å². The zero-order valence-electron chi connectivity index (χ0n) is 22.6. The van der Waals surface area contributed by atoms with Gasteiger partial charge >= 0.3 is 0 Å². The highest BCUT2D eigenvalue weighted by molar-refractivity contribution is 6.26. The molecule has 182 valence electrons. The van der Waals surface area contributed by atoms with Crippen LogP contribution < -0.4 is 4.57 Å². The predicted molar refractivity (Wildman–Crippen MR) is 158 cm³/mol. The van der Waals surface area contributed by atoms with Crippen LogP contribution in [0.2, 0.25) is 0 Å². The maximum Gasteiger partial charge on any atom is 0.224 e. The van der Waals surface area contributed by atoms with Gasteiger partial charge in [0.25, 0.3) is 0 Å². The van der Waals surface area contributed by atoms with Gasteiger partial charge < -0.3 is 4.40 Å². The summed E-state index contributed by atoms with van der Waals surface area (Å²) < 4.78 is 4.87. The van der Waals surface area contributed by atoms with Gasteiger partial charge in [0.15, 0.2) is 6.20 Å². The second-order valence-electron chi connectivity index (χ2n) is 12.1. The Kier molecular flexibility index (Phi) is 4.55. The Morgan fingerprint density at radius 1 is 0.757 bits per heavy atom. The van der Waals surface area contributed by atoms with Crippen LogP contribution in [0.1, 0.15) is 37.5 Å². The maximum absolute atomic E-state index is 2.55. The van der Waals surface area contributed by atoms with Crippen LogP contribution in [-0.4, -0.2) is 4.40 Å². The van der Waals surface area contributed by atoms with Crippen molar-refractivity contribution in [3.63, 3.8) is 0 Å². The number of aryl methyl sites for hydroxylation is 3. The molecule has 2 heteroatoms. The Balaban J connectivity index is 1.75. The number of rotatable bonds is 2. The van der Waals surface area contributed by atoms with E-state index in [1.165, 1.54) is 76.8 Å². The van der Waals surface area contributed by atoms with E-state index in [2.05, 4.69) is 130 Å². The molecule has 0 radical (unpaired) electrons. The van der Waals surface area contributed by atoms with Crippen molar-refractivity contribution in [2.75, 3.05) is 0 Å². The minimum atomic E-state index is 0.248. The van der Waals surface area contributed by atoms with Crippen molar-refractivity contribution in [3.05, 3.63) is 95.7 Å². The Labute approximate surface area is 218 Å². The first-order valence-electron chi connectivity index (χ1n) is 13.3. The van der Waals surface area contributed by atoms with E-state index in [0.29, 0.717) is 0 Å². The number of benzene rings is 4. The summed E-state index contributed by atoms with van der Waals surface area (Å²) in [6, 6.07) is 27.4. The summed E-state index contributed by atoms with van der Waals surface area (Å²) >= 11 is 0. The van der Waals surface area contributed by atoms with Crippen molar-refractivity contribution < 1.29 is 4.57 Å². The second-order valence-corrected chi connectivity index (χ2v) is 12.1. The van der Waals surface area contributed by atoms with E-state index < -0.39 is 0 Å². The molecule has 2 nitrogen and oxygen atoms in total. The van der Waals surface area contributed by atoms with E-state index in [0.717, 1.165) is 6.42 Å². The van der Waals surface area contributed by atoms with Gasteiger partial charge in [-0.1, -0.05) is 57.2 Å². The van der Waals surface area contributed by atoms with E-state index >= 15 is 0 Å². The highest BCUT2D eigenvalue weighted by atomic mass is 15.0. The zero-order chi connectivity index (χ0) is 25.6. The molecule has 0 aliphatic rings. The lowest BCUT2D eigenvalue weighted by Crippen LogP contribution is -2.29. The average molecular weight is 482 g/mol. The topological polar surface area (TPSA) is 8.29 Å². The van der Waals surface area contributed by atoms with Crippen LogP contribution in [0.3, 0.4) is 0 Å². The molecule has 0 bridgehead atoms. The van der Waals surface area contributed by atoms with Crippen LogP contribution in [-0.2, 0) is 13.5 Å². The van der Waals surface area contributed by atoms with Crippen LogP contribution in [0.4, 0.5) is 0 Å². The van der Waals surface area contributed by atoms with Gasteiger partial charge in [-0.15, -0.1) is 0 Å². The number of fused-ring (bicyclic) bond motifs is 5. The molecule has 0 aliphatic heterocycles. The molecule has 7 rings (SSSR count). The smallest absolute Gasteiger partial charge is 0.224 e. The molecule has 0 fully saturated rings. The maximum atomic E-state index is 2.55. The minimum Gasteiger partial charge on any atom is -0.307 e. The van der Waals surface area contributed by atoms with Gasteiger partial charge in [0.2, 0.25) is 5.52 Å². The van der Waals surface area contributed by atoms with E-state index in [1.54, 1.807) is 0 Å². The minimum absolute atomic E-state index is 0.248. The van der Waals surface area contributed by atoms with E-state index in [1.807, 2.05) is 0 Å². The van der Waals surface area contributed by atoms with E-state index in [-0.39, 0.29) is 5.41 Å². The third kappa shape index (κ3) is 3.21. The lowest BCUT2D eigenvalue weighted by molar-refractivity contribution is -0.643. The van der Waals surface area contributed by atoms with Crippen molar-refractivity contribution in [1.82, 2.24) is 4.40 Å². The van der Waals surface area contributed by atoms with E-state index in [9.17, 15) is 0 Å². The summed E-state index contributed by atoms with van der Waals surface area (Å²) in [5.41, 5.74) is 12.1. The molecule has 0 unspecified atom stereocenters. The van der Waals surface area contributed by atoms with Crippen molar-refractivity contribution in [2.45, 2.75) is 41.0 Å². The summed E-state index contributed by atoms with van der Waals surface area (Å²) in [4.78, 5) is 0. The molecule has 3 aromatic heterocycles. The molecule has 0 aliphatic carbocycles. The largest absolute Gasteiger partial charge is 0.307 e. The monoisotopic (exact) mass is 481 g/mol. The standard InChI is InChI=1S/C35H33N2/c1-21-16-28-27-17-23(20-35(3,4)5)12-13-29(27)37-30-19-26(24-10-8-7-9-11-24)18-25-14-15-36(6)34(32(25)30)31(22(21)2)33(28)37/h7-19H,20H2,1-6H3/q+1. The molecule has 0 atom stereocenters. The normalized spacial score (nSPS) is 12.7. The van der Waals surface area contributed by atoms with Crippen LogP contribution in [0.25, 0.3) is 60.1 Å². The lowest BCUT2D eigenvalue weighted by Gasteiger charge is -2.18. The first kappa shape index (κ1) is 22.3. The Morgan fingerprint density at radius 3 is 2.30 bits per heavy atom. The first-order valence-corrected chi connectivity index (χ1v) is 13.3. The highest BCUT2D eigenvalue weighted by Crippen LogP contribution is 2.43. The van der Waals surface area contributed by atoms with Crippen molar-refractivity contribution >= 4 is 49.0 Å². The molecule has 7 aromatic rings. The SMILES string of the molecule is Cc1cc2c3cc(CC(C)(C)C)ccc3n3c4cc(-c5ccccc5)cc5cc[n+](C)c(c(c1C)c23)c54. The predicted octanol–water partition coefficient (Wildman–Crippen LogP) is 8.69. The average Bonchev–Trinajstić information content (AvgIpc) is 3.18. The molecule has 37 heavy (non-hydrogen) atoms. The lowest BCUT2D eigenvalue weighted by atomic mass is 9.87. The third-order valence-electron chi connectivity index (χ3n) is 8.17. The van der Waals surface area contributed by atoms with E-state index in [4.69, 9.17) is 0 Å². The van der Waals surface area contributed by atoms with Crippen LogP contribution in [0.5, 0.6) is 0 Å². The van der Waals surface area contributed by atoms with Gasteiger partial charge in [0.05, 0.1) is 27.3 Å². The second kappa shape index (κ2) is 7.55. The molecule has 0 N–H and O–H groups in total. The first-order chi connectivity index (χ1) is 17.7. The Bertz CT molecular complexity index is 2000. The molecule has 0 spiro atoms. The summed E-state index contributed by atoms with van der Waals surface area (Å²) in [6.07, 6.45) is 3.29. The van der Waals surface area contributed by atoms with Crippen LogP contribution >= 0.6 is 0 Å². The molecular weight excluding hydrogens is 448 g/mol. The number of nitrogens with zero attached hydrogens (tertiary/aromatic N) is 2. The molecule has 0 amide bonds. The third-order valence-corrected chi connectivity index (χ3v) is 8.17. The number of aromatic nitrogens is 2. The fraction of sp³-hybridized carbons (Fsp3) is 0.229. The molecular formula is C35H33N2+. The van der Waals surface area contributed by atoms with Gasteiger partial charge in [0.1, 0.15) is 7.05 Å². The number of pyridine rings is 2. The van der Waals surface area contributed by atoms with Gasteiger partial charge in [-0.2, -0.15) is 0 Å². The van der Waals surface area contributed by atoms with Crippen molar-refractivity contribution in [2.24, 2.45) is 12.5 Å². The quantitative estimate of drug-likeness (QED) is 0.133. The molecule has 3 heterocycles. The number of hydrogen-bond acceptors (Lipinski definition) is 0. The summed E-state index contributed by atoms with van der Waals surface area (Å²) in [7, 11) is 2.19. The molecule has 0 saturated heterocycles. The summed E-state index contributed by atoms with van der Waals surface area (Å²) in [5.74, 6) is 0. The number of hydrogen-bond donors (Lipinski definition) is 0. The molecule has 4 aromatic carbocycles. The molecule has 0 saturated carbocycles. The van der Waals surface area contributed by atoms with Crippen molar-refractivity contribution in [1.29, 1.82) is 0 Å². The van der Waals surface area contributed by atoms with Gasteiger partial charge in [-0.25, -0.2) is 4.57 Å².